The van der Waals surface area contributed by atoms with Crippen molar-refractivity contribution in [1.82, 2.24) is 4.90 Å². The Labute approximate surface area is 129 Å². The number of likely N-dealkylation sites (tertiary alicyclic amines) is 1. The highest BCUT2D eigenvalue weighted by atomic mass is 19.4. The molecule has 1 aliphatic heterocycles. The lowest BCUT2D eigenvalue weighted by Gasteiger charge is -2.33. The van der Waals surface area contributed by atoms with Crippen molar-refractivity contribution >= 4 is 5.69 Å². The van der Waals surface area contributed by atoms with Crippen LogP contribution in [-0.4, -0.2) is 36.8 Å². The predicted molar refractivity (Wildman–Crippen MR) is 72.0 cm³/mol. The monoisotopic (exact) mass is 342 g/mol. The molecule has 1 aliphatic rings. The summed E-state index contributed by atoms with van der Waals surface area (Å²) < 4.78 is 81.1. The van der Waals surface area contributed by atoms with Crippen LogP contribution in [0.2, 0.25) is 0 Å². The third kappa shape index (κ3) is 5.19. The number of alkyl halides is 6. The van der Waals surface area contributed by atoms with E-state index >= 15 is 0 Å². The largest absolute Gasteiger partial charge is 0.490 e. The van der Waals surface area contributed by atoms with Crippen LogP contribution >= 0.6 is 0 Å². The Bertz CT molecular complexity index is 535. The number of nitrogen functional groups attached to an aromatic ring is 1. The van der Waals surface area contributed by atoms with Crippen molar-refractivity contribution in [2.24, 2.45) is 0 Å². The summed E-state index contributed by atoms with van der Waals surface area (Å²) in [6, 6.07) is 3.22. The van der Waals surface area contributed by atoms with Gasteiger partial charge in [0.15, 0.2) is 0 Å². The van der Waals surface area contributed by atoms with Crippen molar-refractivity contribution in [3.05, 3.63) is 23.8 Å². The van der Waals surface area contributed by atoms with Gasteiger partial charge in [-0.3, -0.25) is 4.90 Å². The van der Waals surface area contributed by atoms with E-state index in [1.165, 1.54) is 11.0 Å². The van der Waals surface area contributed by atoms with Gasteiger partial charge in [-0.2, -0.15) is 26.3 Å². The summed E-state index contributed by atoms with van der Waals surface area (Å²) in [5.41, 5.74) is 4.35. The third-order valence-corrected chi connectivity index (χ3v) is 3.54. The maximum atomic E-state index is 13.0. The Morgan fingerprint density at radius 3 is 2.22 bits per heavy atom. The molecule has 9 heteroatoms. The van der Waals surface area contributed by atoms with Crippen molar-refractivity contribution in [1.29, 1.82) is 0 Å². The first-order valence-electron chi connectivity index (χ1n) is 6.97. The molecule has 23 heavy (non-hydrogen) atoms. The van der Waals surface area contributed by atoms with E-state index in [0.29, 0.717) is 0 Å². The first-order valence-corrected chi connectivity index (χ1v) is 6.97. The van der Waals surface area contributed by atoms with E-state index in [4.69, 9.17) is 10.5 Å². The van der Waals surface area contributed by atoms with Crippen molar-refractivity contribution in [2.75, 3.05) is 25.4 Å². The second-order valence-corrected chi connectivity index (χ2v) is 5.46. The van der Waals surface area contributed by atoms with Crippen LogP contribution in [0.15, 0.2) is 18.2 Å². The normalized spacial score (nSPS) is 18.2. The minimum Gasteiger partial charge on any atom is -0.490 e. The molecular formula is C14H16F6N2O. The average Bonchev–Trinajstić information content (AvgIpc) is 2.40. The Kier molecular flexibility index (Phi) is 4.98. The lowest BCUT2D eigenvalue weighted by Crippen LogP contribution is -2.42. The molecule has 0 saturated carbocycles. The summed E-state index contributed by atoms with van der Waals surface area (Å²) in [5, 5.41) is 0. The van der Waals surface area contributed by atoms with E-state index < -0.39 is 30.6 Å². The molecule has 0 aromatic heterocycles. The molecule has 130 valence electrons. The number of benzene rings is 1. The number of rotatable bonds is 3. The van der Waals surface area contributed by atoms with Gasteiger partial charge < -0.3 is 10.5 Å². The fourth-order valence-electron chi connectivity index (χ4n) is 2.49. The van der Waals surface area contributed by atoms with Gasteiger partial charge >= 0.3 is 12.4 Å². The van der Waals surface area contributed by atoms with E-state index in [-0.39, 0.29) is 37.4 Å². The molecule has 1 saturated heterocycles. The third-order valence-electron chi connectivity index (χ3n) is 3.54. The first-order chi connectivity index (χ1) is 10.5. The quantitative estimate of drug-likeness (QED) is 0.673. The van der Waals surface area contributed by atoms with E-state index in [2.05, 4.69) is 0 Å². The fourth-order valence-corrected chi connectivity index (χ4v) is 2.49. The number of hydrogen-bond acceptors (Lipinski definition) is 3. The molecule has 2 rings (SSSR count). The topological polar surface area (TPSA) is 38.5 Å². The second kappa shape index (κ2) is 6.46. The lowest BCUT2D eigenvalue weighted by molar-refractivity contribution is -0.150. The molecule has 1 aromatic carbocycles. The number of nitrogens with zero attached hydrogens (tertiary/aromatic N) is 1. The molecule has 0 bridgehead atoms. The van der Waals surface area contributed by atoms with E-state index in [9.17, 15) is 26.3 Å². The number of hydrogen-bond donors (Lipinski definition) is 1. The van der Waals surface area contributed by atoms with Crippen molar-refractivity contribution in [2.45, 2.75) is 31.3 Å². The Morgan fingerprint density at radius 1 is 1.09 bits per heavy atom. The van der Waals surface area contributed by atoms with Gasteiger partial charge in [-0.15, -0.1) is 0 Å². The summed E-state index contributed by atoms with van der Waals surface area (Å²) in [6.07, 6.45) is -8.98. The van der Waals surface area contributed by atoms with Crippen LogP contribution < -0.4 is 10.5 Å². The van der Waals surface area contributed by atoms with Crippen LogP contribution in [-0.2, 0) is 6.18 Å². The number of ether oxygens (including phenoxy) is 1. The standard InChI is InChI=1S/C14H16F6N2O/c15-13(16,17)8-22-5-3-10(4-6-22)23-12-2-1-9(21)7-11(12)14(18,19)20/h1-2,7,10H,3-6,8,21H2. The zero-order valence-corrected chi connectivity index (χ0v) is 12.0. The van der Waals surface area contributed by atoms with Crippen LogP contribution in [0.3, 0.4) is 0 Å². The highest BCUT2D eigenvalue weighted by Crippen LogP contribution is 2.38. The Hall–Kier alpha value is -1.64. The van der Waals surface area contributed by atoms with Crippen molar-refractivity contribution in [3.8, 4) is 5.75 Å². The lowest BCUT2D eigenvalue weighted by atomic mass is 10.1. The van der Waals surface area contributed by atoms with E-state index in [1.807, 2.05) is 0 Å². The van der Waals surface area contributed by atoms with Gasteiger partial charge in [0.25, 0.3) is 0 Å². The molecule has 0 unspecified atom stereocenters. The molecule has 1 fully saturated rings. The number of anilines is 1. The molecule has 2 N–H and O–H groups in total. The van der Waals surface area contributed by atoms with Crippen molar-refractivity contribution in [3.63, 3.8) is 0 Å². The minimum absolute atomic E-state index is 0.0373. The van der Waals surface area contributed by atoms with Gasteiger partial charge in [-0.25, -0.2) is 0 Å². The summed E-state index contributed by atoms with van der Waals surface area (Å²) >= 11 is 0. The fraction of sp³-hybridized carbons (Fsp3) is 0.571. The van der Waals surface area contributed by atoms with Gasteiger partial charge in [0.05, 0.1) is 12.1 Å². The molecule has 3 nitrogen and oxygen atoms in total. The molecule has 1 aromatic rings. The molecule has 0 spiro atoms. The molecule has 0 atom stereocenters. The molecule has 0 aliphatic carbocycles. The summed E-state index contributed by atoms with van der Waals surface area (Å²) in [6.45, 7) is -0.767. The Balaban J connectivity index is 2.00. The SMILES string of the molecule is Nc1ccc(OC2CCN(CC(F)(F)F)CC2)c(C(F)(F)F)c1. The first kappa shape index (κ1) is 17.7. The predicted octanol–water partition coefficient (Wildman–Crippen LogP) is 3.69. The van der Waals surface area contributed by atoms with Gasteiger partial charge in [0.1, 0.15) is 11.9 Å². The smallest absolute Gasteiger partial charge is 0.420 e. The zero-order chi connectivity index (χ0) is 17.3. The van der Waals surface area contributed by atoms with Crippen LogP contribution in [0.1, 0.15) is 18.4 Å². The Morgan fingerprint density at radius 2 is 1.70 bits per heavy atom. The van der Waals surface area contributed by atoms with Gasteiger partial charge in [-0.05, 0) is 31.0 Å². The molecule has 0 amide bonds. The highest BCUT2D eigenvalue weighted by Gasteiger charge is 2.36. The van der Waals surface area contributed by atoms with E-state index in [0.717, 1.165) is 12.1 Å². The number of halogens is 6. The average molecular weight is 342 g/mol. The van der Waals surface area contributed by atoms with E-state index in [1.54, 1.807) is 0 Å². The second-order valence-electron chi connectivity index (χ2n) is 5.46. The van der Waals surface area contributed by atoms with Crippen LogP contribution in [0, 0.1) is 0 Å². The molecule has 1 heterocycles. The maximum Gasteiger partial charge on any atom is 0.420 e. The van der Waals surface area contributed by atoms with Crippen molar-refractivity contribution < 1.29 is 31.1 Å². The minimum atomic E-state index is -4.61. The maximum absolute atomic E-state index is 13.0. The molecular weight excluding hydrogens is 326 g/mol. The number of piperidine rings is 1. The van der Waals surface area contributed by atoms with Gasteiger partial charge in [0, 0.05) is 18.8 Å². The summed E-state index contributed by atoms with van der Waals surface area (Å²) in [5.74, 6) is -0.346. The van der Waals surface area contributed by atoms with Gasteiger partial charge in [0.2, 0.25) is 0 Å². The summed E-state index contributed by atoms with van der Waals surface area (Å²) in [4.78, 5) is 1.22. The van der Waals surface area contributed by atoms with Crippen LogP contribution in [0.5, 0.6) is 5.75 Å². The van der Waals surface area contributed by atoms with Crippen LogP contribution in [0.25, 0.3) is 0 Å². The van der Waals surface area contributed by atoms with Gasteiger partial charge in [-0.1, -0.05) is 0 Å². The highest BCUT2D eigenvalue weighted by molar-refractivity contribution is 5.49. The van der Waals surface area contributed by atoms with Crippen LogP contribution in [0.4, 0.5) is 32.0 Å². The molecule has 0 radical (unpaired) electrons. The number of nitrogens with two attached hydrogens (primary N) is 1. The zero-order valence-electron chi connectivity index (χ0n) is 12.0. The summed E-state index contributed by atoms with van der Waals surface area (Å²) in [7, 11) is 0.